The fourth-order valence-electron chi connectivity index (χ4n) is 2.24. The molecule has 0 saturated carbocycles. The van der Waals surface area contributed by atoms with Crippen molar-refractivity contribution in [3.8, 4) is 0 Å². The number of nitrogens with one attached hydrogen (secondary N) is 1. The van der Waals surface area contributed by atoms with Crippen LogP contribution >= 0.6 is 0 Å². The van der Waals surface area contributed by atoms with Crippen molar-refractivity contribution in [2.24, 2.45) is 0 Å². The number of benzene rings is 1. The summed E-state index contributed by atoms with van der Waals surface area (Å²) in [6.07, 6.45) is 3.75. The Labute approximate surface area is 86.5 Å². The predicted molar refractivity (Wildman–Crippen MR) is 61.8 cm³/mol. The summed E-state index contributed by atoms with van der Waals surface area (Å²) < 4.78 is 0. The van der Waals surface area contributed by atoms with E-state index in [1.165, 1.54) is 36.1 Å². The molecule has 1 aromatic carbocycles. The van der Waals surface area contributed by atoms with Crippen LogP contribution in [0.4, 0.5) is 5.69 Å². The van der Waals surface area contributed by atoms with Gasteiger partial charge in [0.2, 0.25) is 0 Å². The molecule has 0 spiro atoms. The summed E-state index contributed by atoms with van der Waals surface area (Å²) in [6, 6.07) is 6.60. The molecule has 14 heavy (non-hydrogen) atoms. The van der Waals surface area contributed by atoms with Crippen LogP contribution in [-0.4, -0.2) is 5.54 Å². The zero-order valence-corrected chi connectivity index (χ0v) is 9.35. The van der Waals surface area contributed by atoms with E-state index in [1.54, 1.807) is 0 Å². The number of aryl methyl sites for hydroxylation is 2. The lowest BCUT2D eigenvalue weighted by Crippen LogP contribution is -2.30. The molecule has 1 aliphatic heterocycles. The van der Waals surface area contributed by atoms with Crippen LogP contribution in [-0.2, 0) is 6.42 Å². The van der Waals surface area contributed by atoms with Crippen molar-refractivity contribution >= 4 is 5.69 Å². The molecule has 0 aliphatic carbocycles. The molecule has 1 nitrogen and oxygen atoms in total. The highest BCUT2D eigenvalue weighted by Crippen LogP contribution is 2.31. The largest absolute Gasteiger partial charge is 0.380 e. The molecule has 0 unspecified atom stereocenters. The third-order valence-electron chi connectivity index (χ3n) is 3.07. The third-order valence-corrected chi connectivity index (χ3v) is 3.07. The molecule has 1 N–H and O–H groups in total. The number of hydrogen-bond donors (Lipinski definition) is 1. The van der Waals surface area contributed by atoms with Gasteiger partial charge in [-0.1, -0.05) is 18.2 Å². The van der Waals surface area contributed by atoms with Gasteiger partial charge in [0.1, 0.15) is 0 Å². The molecule has 0 saturated heterocycles. The molecule has 0 atom stereocenters. The summed E-state index contributed by atoms with van der Waals surface area (Å²) >= 11 is 0. The topological polar surface area (TPSA) is 12.0 Å². The minimum atomic E-state index is 0.247. The standard InChI is InChI=1S/C13H19N/c1-10-6-4-7-11-8-5-9-13(2,3)14-12(10)11/h4,6-7,14H,5,8-9H2,1-3H3. The average molecular weight is 189 g/mol. The van der Waals surface area contributed by atoms with Crippen LogP contribution in [0, 0.1) is 6.92 Å². The van der Waals surface area contributed by atoms with E-state index in [0.717, 1.165) is 0 Å². The minimum absolute atomic E-state index is 0.247. The second-order valence-electron chi connectivity index (χ2n) is 4.97. The zero-order valence-electron chi connectivity index (χ0n) is 9.35. The Bertz CT molecular complexity index is 339. The maximum absolute atomic E-state index is 3.67. The Kier molecular flexibility index (Phi) is 2.26. The van der Waals surface area contributed by atoms with Gasteiger partial charge >= 0.3 is 0 Å². The molecule has 1 aliphatic rings. The Morgan fingerprint density at radius 2 is 2.07 bits per heavy atom. The molecule has 1 aromatic rings. The molecule has 0 aromatic heterocycles. The van der Waals surface area contributed by atoms with E-state index >= 15 is 0 Å². The number of fused-ring (bicyclic) bond motifs is 1. The molecule has 0 amide bonds. The summed E-state index contributed by atoms with van der Waals surface area (Å²) in [7, 11) is 0. The number of anilines is 1. The molecule has 2 rings (SSSR count). The van der Waals surface area contributed by atoms with E-state index in [0.29, 0.717) is 0 Å². The van der Waals surface area contributed by atoms with E-state index in [1.807, 2.05) is 0 Å². The Hall–Kier alpha value is -0.980. The molecule has 1 heterocycles. The SMILES string of the molecule is Cc1cccc2c1NC(C)(C)CCC2. The van der Waals surface area contributed by atoms with Gasteiger partial charge in [-0.2, -0.15) is 0 Å². The first kappa shape index (κ1) is 9.57. The van der Waals surface area contributed by atoms with E-state index in [2.05, 4.69) is 44.3 Å². The second kappa shape index (κ2) is 3.30. The quantitative estimate of drug-likeness (QED) is 0.658. The van der Waals surface area contributed by atoms with Gasteiger partial charge in [0, 0.05) is 11.2 Å². The summed E-state index contributed by atoms with van der Waals surface area (Å²) in [4.78, 5) is 0. The van der Waals surface area contributed by atoms with Crippen LogP contribution in [0.15, 0.2) is 18.2 Å². The summed E-state index contributed by atoms with van der Waals surface area (Å²) in [6.45, 7) is 6.76. The molecular weight excluding hydrogens is 170 g/mol. The van der Waals surface area contributed by atoms with Crippen molar-refractivity contribution in [1.29, 1.82) is 0 Å². The van der Waals surface area contributed by atoms with Crippen LogP contribution < -0.4 is 5.32 Å². The first-order valence-electron chi connectivity index (χ1n) is 5.45. The molecule has 0 radical (unpaired) electrons. The van der Waals surface area contributed by atoms with E-state index in [4.69, 9.17) is 0 Å². The van der Waals surface area contributed by atoms with Gasteiger partial charge in [0.25, 0.3) is 0 Å². The van der Waals surface area contributed by atoms with E-state index in [9.17, 15) is 0 Å². The monoisotopic (exact) mass is 189 g/mol. The van der Waals surface area contributed by atoms with Crippen molar-refractivity contribution in [3.05, 3.63) is 29.3 Å². The highest BCUT2D eigenvalue weighted by molar-refractivity contribution is 5.59. The third kappa shape index (κ3) is 1.77. The maximum atomic E-state index is 3.67. The summed E-state index contributed by atoms with van der Waals surface area (Å²) in [5.41, 5.74) is 4.47. The Balaban J connectivity index is 2.43. The van der Waals surface area contributed by atoms with Crippen LogP contribution in [0.3, 0.4) is 0 Å². The number of rotatable bonds is 0. The van der Waals surface area contributed by atoms with Crippen molar-refractivity contribution in [2.75, 3.05) is 5.32 Å². The number of hydrogen-bond acceptors (Lipinski definition) is 1. The van der Waals surface area contributed by atoms with Crippen molar-refractivity contribution in [2.45, 2.75) is 45.6 Å². The normalized spacial score (nSPS) is 19.4. The highest BCUT2D eigenvalue weighted by atomic mass is 15.0. The second-order valence-corrected chi connectivity index (χ2v) is 4.97. The van der Waals surface area contributed by atoms with Gasteiger partial charge in [-0.15, -0.1) is 0 Å². The molecule has 0 fully saturated rings. The van der Waals surface area contributed by atoms with Gasteiger partial charge in [0.05, 0.1) is 0 Å². The molecule has 1 heteroatoms. The first-order valence-corrected chi connectivity index (χ1v) is 5.45. The fraction of sp³-hybridized carbons (Fsp3) is 0.538. The van der Waals surface area contributed by atoms with Gasteiger partial charge in [-0.05, 0) is 51.2 Å². The lowest BCUT2D eigenvalue weighted by Gasteiger charge is -2.26. The first-order chi connectivity index (χ1) is 6.58. The Morgan fingerprint density at radius 3 is 2.86 bits per heavy atom. The zero-order chi connectivity index (χ0) is 10.2. The fourth-order valence-corrected chi connectivity index (χ4v) is 2.24. The molecule has 0 bridgehead atoms. The lowest BCUT2D eigenvalue weighted by atomic mass is 9.99. The van der Waals surface area contributed by atoms with E-state index < -0.39 is 0 Å². The predicted octanol–water partition coefficient (Wildman–Crippen LogP) is 3.52. The van der Waals surface area contributed by atoms with Crippen molar-refractivity contribution < 1.29 is 0 Å². The summed E-state index contributed by atoms with van der Waals surface area (Å²) in [5.74, 6) is 0. The number of para-hydroxylation sites is 1. The lowest BCUT2D eigenvalue weighted by molar-refractivity contribution is 0.508. The molecule has 76 valence electrons. The van der Waals surface area contributed by atoms with Gasteiger partial charge in [0.15, 0.2) is 0 Å². The van der Waals surface area contributed by atoms with Gasteiger partial charge < -0.3 is 5.32 Å². The maximum Gasteiger partial charge on any atom is 0.0406 e. The minimum Gasteiger partial charge on any atom is -0.380 e. The highest BCUT2D eigenvalue weighted by Gasteiger charge is 2.22. The van der Waals surface area contributed by atoms with Crippen molar-refractivity contribution in [3.63, 3.8) is 0 Å². The van der Waals surface area contributed by atoms with Crippen LogP contribution in [0.1, 0.15) is 37.8 Å². The smallest absolute Gasteiger partial charge is 0.0406 e. The Morgan fingerprint density at radius 1 is 1.29 bits per heavy atom. The van der Waals surface area contributed by atoms with Gasteiger partial charge in [-0.3, -0.25) is 0 Å². The molecular formula is C13H19N. The van der Waals surface area contributed by atoms with Crippen molar-refractivity contribution in [1.82, 2.24) is 0 Å². The van der Waals surface area contributed by atoms with E-state index in [-0.39, 0.29) is 5.54 Å². The average Bonchev–Trinajstić information content (AvgIpc) is 2.24. The van der Waals surface area contributed by atoms with Gasteiger partial charge in [-0.25, -0.2) is 0 Å². The summed E-state index contributed by atoms with van der Waals surface area (Å²) in [5, 5.41) is 3.67. The van der Waals surface area contributed by atoms with Crippen LogP contribution in [0.2, 0.25) is 0 Å². The van der Waals surface area contributed by atoms with Crippen LogP contribution in [0.5, 0.6) is 0 Å². The van der Waals surface area contributed by atoms with Crippen LogP contribution in [0.25, 0.3) is 0 Å².